The summed E-state index contributed by atoms with van der Waals surface area (Å²) in [5.41, 5.74) is 10.1. The predicted molar refractivity (Wildman–Crippen MR) is 99.4 cm³/mol. The fraction of sp³-hybridized carbons (Fsp3) is 0.421. The van der Waals surface area contributed by atoms with Crippen LogP contribution in [-0.4, -0.2) is 32.5 Å². The maximum atomic E-state index is 12.8. The summed E-state index contributed by atoms with van der Waals surface area (Å²) in [7, 11) is 1.82. The maximum absolute atomic E-state index is 12.8. The zero-order chi connectivity index (χ0) is 18.6. The first-order valence-electron chi connectivity index (χ1n) is 8.90. The molecule has 2 aromatic rings. The van der Waals surface area contributed by atoms with Crippen molar-refractivity contribution in [2.24, 2.45) is 13.0 Å². The number of aryl methyl sites for hydroxylation is 1. The molecule has 2 heterocycles. The first-order chi connectivity index (χ1) is 12.3. The molecule has 2 aliphatic rings. The van der Waals surface area contributed by atoms with Gasteiger partial charge >= 0.3 is 0 Å². The number of nitrogens with zero attached hydrogens (tertiary/aromatic N) is 3. The lowest BCUT2D eigenvalue weighted by Gasteiger charge is -2.24. The van der Waals surface area contributed by atoms with Crippen LogP contribution >= 0.6 is 0 Å². The molecule has 2 amide bonds. The number of nitrogens with two attached hydrogens (primary N) is 1. The van der Waals surface area contributed by atoms with Crippen molar-refractivity contribution in [1.82, 2.24) is 14.7 Å². The Bertz CT molecular complexity index is 913. The zero-order valence-electron chi connectivity index (χ0n) is 15.2. The van der Waals surface area contributed by atoms with Gasteiger partial charge in [-0.3, -0.25) is 14.3 Å². The van der Waals surface area contributed by atoms with Gasteiger partial charge in [-0.05, 0) is 43.4 Å². The molecule has 1 saturated carbocycles. The highest BCUT2D eigenvalue weighted by Gasteiger charge is 2.39. The summed E-state index contributed by atoms with van der Waals surface area (Å²) >= 11 is 0. The smallest absolute Gasteiger partial charge is 0.256 e. The van der Waals surface area contributed by atoms with Crippen LogP contribution in [0.4, 0.5) is 11.5 Å². The van der Waals surface area contributed by atoms with E-state index in [9.17, 15) is 9.59 Å². The standard InChI is InChI=1S/C19H23N5O2/c1-10(12-4-5-12)24-9-14-6-13(7-15(20)18(14)19(24)26)16-8-17(21-11(2)25)22-23(16)3/h6-8,10,12H,4-5,9,20H2,1-3H3,(H,21,22,25)/t10-/m0/s1. The van der Waals surface area contributed by atoms with E-state index >= 15 is 0 Å². The molecule has 1 aliphatic heterocycles. The van der Waals surface area contributed by atoms with Crippen LogP contribution in [-0.2, 0) is 18.4 Å². The van der Waals surface area contributed by atoms with Crippen molar-refractivity contribution >= 4 is 23.3 Å². The fourth-order valence-corrected chi connectivity index (χ4v) is 3.80. The molecule has 26 heavy (non-hydrogen) atoms. The van der Waals surface area contributed by atoms with Crippen LogP contribution in [0.3, 0.4) is 0 Å². The molecule has 7 heteroatoms. The number of carbonyl (C=O) groups is 2. The average molecular weight is 353 g/mol. The molecule has 0 spiro atoms. The first kappa shape index (κ1) is 16.6. The normalized spacial score (nSPS) is 17.3. The molecule has 0 saturated heterocycles. The van der Waals surface area contributed by atoms with Crippen LogP contribution in [0, 0.1) is 5.92 Å². The minimum Gasteiger partial charge on any atom is -0.398 e. The van der Waals surface area contributed by atoms with Crippen LogP contribution in [0.2, 0.25) is 0 Å². The number of carbonyl (C=O) groups excluding carboxylic acids is 2. The number of benzene rings is 1. The largest absolute Gasteiger partial charge is 0.398 e. The van der Waals surface area contributed by atoms with E-state index in [4.69, 9.17) is 5.73 Å². The van der Waals surface area contributed by atoms with Crippen molar-refractivity contribution in [3.63, 3.8) is 0 Å². The Kier molecular flexibility index (Phi) is 3.75. The second kappa shape index (κ2) is 5.86. The number of hydrogen-bond donors (Lipinski definition) is 2. The minimum absolute atomic E-state index is 0.0346. The Morgan fingerprint density at radius 3 is 2.73 bits per heavy atom. The third kappa shape index (κ3) is 2.73. The van der Waals surface area contributed by atoms with Crippen molar-refractivity contribution in [3.05, 3.63) is 29.3 Å². The Morgan fingerprint density at radius 2 is 2.08 bits per heavy atom. The Labute approximate surface area is 152 Å². The van der Waals surface area contributed by atoms with Gasteiger partial charge in [-0.15, -0.1) is 0 Å². The molecule has 136 valence electrons. The van der Waals surface area contributed by atoms with Gasteiger partial charge < -0.3 is 16.0 Å². The van der Waals surface area contributed by atoms with E-state index in [1.54, 1.807) is 4.68 Å². The van der Waals surface area contributed by atoms with E-state index in [0.29, 0.717) is 29.5 Å². The van der Waals surface area contributed by atoms with Crippen molar-refractivity contribution < 1.29 is 9.59 Å². The van der Waals surface area contributed by atoms with Crippen LogP contribution in [0.25, 0.3) is 11.3 Å². The summed E-state index contributed by atoms with van der Waals surface area (Å²) in [6.07, 6.45) is 2.39. The number of nitrogen functional groups attached to an aromatic ring is 1. The van der Waals surface area contributed by atoms with Gasteiger partial charge in [-0.25, -0.2) is 0 Å². The van der Waals surface area contributed by atoms with E-state index in [-0.39, 0.29) is 17.9 Å². The molecule has 1 aromatic heterocycles. The van der Waals surface area contributed by atoms with Gasteiger partial charge in [-0.1, -0.05) is 0 Å². The zero-order valence-corrected chi connectivity index (χ0v) is 15.2. The maximum Gasteiger partial charge on any atom is 0.256 e. The third-order valence-electron chi connectivity index (χ3n) is 5.34. The second-order valence-corrected chi connectivity index (χ2v) is 7.33. The molecule has 1 aromatic carbocycles. The number of anilines is 2. The van der Waals surface area contributed by atoms with E-state index in [1.165, 1.54) is 19.8 Å². The number of rotatable bonds is 4. The van der Waals surface area contributed by atoms with E-state index in [0.717, 1.165) is 16.8 Å². The van der Waals surface area contributed by atoms with Crippen molar-refractivity contribution in [2.75, 3.05) is 11.1 Å². The van der Waals surface area contributed by atoms with E-state index < -0.39 is 0 Å². The highest BCUT2D eigenvalue weighted by atomic mass is 16.2. The molecular formula is C19H23N5O2. The predicted octanol–water partition coefficient (Wildman–Crippen LogP) is 2.38. The fourth-order valence-electron chi connectivity index (χ4n) is 3.80. The highest BCUT2D eigenvalue weighted by molar-refractivity contribution is 6.04. The lowest BCUT2D eigenvalue weighted by molar-refractivity contribution is -0.114. The number of hydrogen-bond acceptors (Lipinski definition) is 4. The molecule has 0 unspecified atom stereocenters. The first-order valence-corrected chi connectivity index (χ1v) is 8.90. The van der Waals surface area contributed by atoms with Crippen LogP contribution < -0.4 is 11.1 Å². The van der Waals surface area contributed by atoms with E-state index in [2.05, 4.69) is 17.3 Å². The van der Waals surface area contributed by atoms with E-state index in [1.807, 2.05) is 30.1 Å². The molecule has 7 nitrogen and oxygen atoms in total. The molecule has 1 aliphatic carbocycles. The van der Waals surface area contributed by atoms with Crippen LogP contribution in [0.1, 0.15) is 42.6 Å². The van der Waals surface area contributed by atoms with Gasteiger partial charge in [0.1, 0.15) is 0 Å². The Hall–Kier alpha value is -2.83. The Morgan fingerprint density at radius 1 is 1.35 bits per heavy atom. The molecule has 4 rings (SSSR count). The minimum atomic E-state index is -0.168. The number of fused-ring (bicyclic) bond motifs is 1. The lowest BCUT2D eigenvalue weighted by atomic mass is 10.0. The summed E-state index contributed by atoms with van der Waals surface area (Å²) in [5.74, 6) is 0.978. The topological polar surface area (TPSA) is 93.3 Å². The third-order valence-corrected chi connectivity index (χ3v) is 5.34. The van der Waals surface area contributed by atoms with Crippen molar-refractivity contribution in [3.8, 4) is 11.3 Å². The number of nitrogens with one attached hydrogen (secondary N) is 1. The van der Waals surface area contributed by atoms with Gasteiger partial charge in [0.05, 0.1) is 11.3 Å². The van der Waals surface area contributed by atoms with Gasteiger partial charge in [0.15, 0.2) is 5.82 Å². The number of amides is 2. The SMILES string of the molecule is CC(=O)Nc1cc(-c2cc(N)c3c(c2)CN([C@@H](C)C2CC2)C3=O)n(C)n1. The molecule has 1 fully saturated rings. The lowest BCUT2D eigenvalue weighted by Crippen LogP contribution is -2.34. The van der Waals surface area contributed by atoms with Crippen molar-refractivity contribution in [2.45, 2.75) is 39.3 Å². The highest BCUT2D eigenvalue weighted by Crippen LogP contribution is 2.40. The Balaban J connectivity index is 1.69. The molecule has 0 radical (unpaired) electrons. The molecule has 0 bridgehead atoms. The van der Waals surface area contributed by atoms with Crippen molar-refractivity contribution in [1.29, 1.82) is 0 Å². The summed E-state index contributed by atoms with van der Waals surface area (Å²) in [4.78, 5) is 26.0. The monoisotopic (exact) mass is 353 g/mol. The molecule has 1 atom stereocenters. The summed E-state index contributed by atoms with van der Waals surface area (Å²) in [6, 6.07) is 5.89. The van der Waals surface area contributed by atoms with Gasteiger partial charge in [-0.2, -0.15) is 5.10 Å². The molecular weight excluding hydrogens is 330 g/mol. The van der Waals surface area contributed by atoms with Gasteiger partial charge in [0.25, 0.3) is 5.91 Å². The quantitative estimate of drug-likeness (QED) is 0.825. The van der Waals surface area contributed by atoms with Gasteiger partial charge in [0, 0.05) is 43.9 Å². The summed E-state index contributed by atoms with van der Waals surface area (Å²) < 4.78 is 1.70. The van der Waals surface area contributed by atoms with Crippen LogP contribution in [0.15, 0.2) is 18.2 Å². The summed E-state index contributed by atoms with van der Waals surface area (Å²) in [6.45, 7) is 4.17. The van der Waals surface area contributed by atoms with Crippen LogP contribution in [0.5, 0.6) is 0 Å². The van der Waals surface area contributed by atoms with Gasteiger partial charge in [0.2, 0.25) is 5.91 Å². The average Bonchev–Trinajstić information content (AvgIpc) is 3.27. The summed E-state index contributed by atoms with van der Waals surface area (Å²) in [5, 5.41) is 6.99. The second-order valence-electron chi connectivity index (χ2n) is 7.33. The molecule has 3 N–H and O–H groups in total. The number of aromatic nitrogens is 2.